The van der Waals surface area contributed by atoms with E-state index in [1.54, 1.807) is 0 Å². The second-order valence-corrected chi connectivity index (χ2v) is 2.83. The zero-order valence-corrected chi connectivity index (χ0v) is 7.01. The maximum atomic E-state index is 11.1. The number of aromatic nitrogens is 1. The van der Waals surface area contributed by atoms with Crippen molar-refractivity contribution in [3.05, 3.63) is 33.2 Å². The lowest BCUT2D eigenvalue weighted by molar-refractivity contribution is 0.267. The van der Waals surface area contributed by atoms with E-state index in [1.807, 2.05) is 0 Å². The zero-order valence-electron chi connectivity index (χ0n) is 6.25. The Bertz CT molecular complexity index is 323. The molecule has 0 unspecified atom stereocenters. The van der Waals surface area contributed by atoms with E-state index in [0.29, 0.717) is 10.6 Å². The average Bonchev–Trinajstić information content (AvgIpc) is 2.08. The molecule has 0 aliphatic carbocycles. The first-order valence-corrected chi connectivity index (χ1v) is 3.77. The van der Waals surface area contributed by atoms with E-state index in [0.717, 1.165) is 0 Å². The highest BCUT2D eigenvalue weighted by Gasteiger charge is 2.08. The van der Waals surface area contributed by atoms with Crippen molar-refractivity contribution in [2.45, 2.75) is 6.04 Å². The fourth-order valence-corrected chi connectivity index (χ4v) is 1.02. The first kappa shape index (κ1) is 9.25. The molecular formula is C7H9ClN2O2. The van der Waals surface area contributed by atoms with Crippen LogP contribution in [0.5, 0.6) is 0 Å². The first-order valence-electron chi connectivity index (χ1n) is 3.39. The van der Waals surface area contributed by atoms with Gasteiger partial charge >= 0.3 is 0 Å². The smallest absolute Gasteiger partial charge is 0.252 e. The molecule has 0 amide bonds. The summed E-state index contributed by atoms with van der Waals surface area (Å²) in [5.41, 5.74) is 5.41. The largest absolute Gasteiger partial charge is 0.394 e. The van der Waals surface area contributed by atoms with Gasteiger partial charge in [0.05, 0.1) is 17.7 Å². The molecule has 0 aliphatic rings. The summed E-state index contributed by atoms with van der Waals surface area (Å²) in [4.78, 5) is 13.5. The van der Waals surface area contributed by atoms with Gasteiger partial charge in [0.1, 0.15) is 0 Å². The van der Waals surface area contributed by atoms with E-state index in [4.69, 9.17) is 22.4 Å². The van der Waals surface area contributed by atoms with Gasteiger partial charge in [-0.15, -0.1) is 0 Å². The molecule has 0 spiro atoms. The van der Waals surface area contributed by atoms with E-state index in [-0.39, 0.29) is 12.2 Å². The maximum absolute atomic E-state index is 11.1. The minimum absolute atomic E-state index is 0.274. The SMILES string of the molecule is N[C@@H](CO)c1cc(Cl)c[nH]c1=O. The molecule has 0 saturated heterocycles. The van der Waals surface area contributed by atoms with Crippen molar-refractivity contribution >= 4 is 11.6 Å². The number of H-pyrrole nitrogens is 1. The Morgan fingerprint density at radius 2 is 2.42 bits per heavy atom. The number of pyridine rings is 1. The summed E-state index contributed by atoms with van der Waals surface area (Å²) in [5, 5.41) is 9.08. The number of aliphatic hydroxyl groups is 1. The third kappa shape index (κ3) is 1.85. The third-order valence-corrected chi connectivity index (χ3v) is 1.71. The molecule has 1 atom stereocenters. The van der Waals surface area contributed by atoms with E-state index in [9.17, 15) is 4.79 Å². The normalized spacial score (nSPS) is 12.9. The Hall–Kier alpha value is -0.840. The van der Waals surface area contributed by atoms with Crippen molar-refractivity contribution in [1.29, 1.82) is 0 Å². The summed E-state index contributed by atoms with van der Waals surface area (Å²) in [6.45, 7) is -0.274. The quantitative estimate of drug-likeness (QED) is 0.612. The van der Waals surface area contributed by atoms with Crippen LogP contribution in [0, 0.1) is 0 Å². The van der Waals surface area contributed by atoms with E-state index >= 15 is 0 Å². The van der Waals surface area contributed by atoms with Crippen molar-refractivity contribution in [3.63, 3.8) is 0 Å². The Morgan fingerprint density at radius 3 is 3.00 bits per heavy atom. The fourth-order valence-electron chi connectivity index (χ4n) is 0.847. The maximum Gasteiger partial charge on any atom is 0.252 e. The predicted octanol–water partition coefficient (Wildman–Crippen LogP) is 0.0204. The van der Waals surface area contributed by atoms with Crippen LogP contribution in [0.25, 0.3) is 0 Å². The van der Waals surface area contributed by atoms with Crippen LogP contribution >= 0.6 is 11.6 Å². The van der Waals surface area contributed by atoms with Crippen molar-refractivity contribution in [3.8, 4) is 0 Å². The number of rotatable bonds is 2. The van der Waals surface area contributed by atoms with Gasteiger partial charge in [0.25, 0.3) is 5.56 Å². The number of halogens is 1. The van der Waals surface area contributed by atoms with Gasteiger partial charge in [-0.2, -0.15) is 0 Å². The fraction of sp³-hybridized carbons (Fsp3) is 0.286. The van der Waals surface area contributed by atoms with Gasteiger partial charge in [-0.05, 0) is 6.07 Å². The molecule has 0 aromatic carbocycles. The van der Waals surface area contributed by atoms with Gasteiger partial charge in [-0.3, -0.25) is 4.79 Å². The Morgan fingerprint density at radius 1 is 1.75 bits per heavy atom. The van der Waals surface area contributed by atoms with Crippen LogP contribution in [0.4, 0.5) is 0 Å². The molecule has 1 heterocycles. The Balaban J connectivity index is 3.13. The second kappa shape index (κ2) is 3.71. The summed E-state index contributed by atoms with van der Waals surface area (Å²) in [7, 11) is 0. The number of aliphatic hydroxyl groups excluding tert-OH is 1. The van der Waals surface area contributed by atoms with Gasteiger partial charge < -0.3 is 15.8 Å². The van der Waals surface area contributed by atoms with Crippen LogP contribution < -0.4 is 11.3 Å². The van der Waals surface area contributed by atoms with Crippen LogP contribution in [0.1, 0.15) is 11.6 Å². The summed E-state index contributed by atoms with van der Waals surface area (Å²) in [6.07, 6.45) is 1.37. The predicted molar refractivity (Wildman–Crippen MR) is 46.1 cm³/mol. The highest BCUT2D eigenvalue weighted by Crippen LogP contribution is 2.09. The molecule has 66 valence electrons. The summed E-state index contributed by atoms with van der Waals surface area (Å²) >= 11 is 5.61. The van der Waals surface area contributed by atoms with Crippen molar-refractivity contribution in [2.75, 3.05) is 6.61 Å². The summed E-state index contributed by atoms with van der Waals surface area (Å²) in [6, 6.07) is 0.772. The molecule has 5 heteroatoms. The molecule has 0 saturated carbocycles. The molecule has 1 aromatic heterocycles. The number of aromatic amines is 1. The van der Waals surface area contributed by atoms with Crippen LogP contribution in [0.2, 0.25) is 5.02 Å². The monoisotopic (exact) mass is 188 g/mol. The lowest BCUT2D eigenvalue weighted by atomic mass is 10.1. The van der Waals surface area contributed by atoms with Crippen LogP contribution in [-0.2, 0) is 0 Å². The minimum Gasteiger partial charge on any atom is -0.394 e. The first-order chi connectivity index (χ1) is 5.65. The van der Waals surface area contributed by atoms with Crippen LogP contribution in [0.3, 0.4) is 0 Å². The van der Waals surface area contributed by atoms with Crippen LogP contribution in [-0.4, -0.2) is 16.7 Å². The number of nitrogens with one attached hydrogen (secondary N) is 1. The van der Waals surface area contributed by atoms with Gasteiger partial charge in [-0.1, -0.05) is 11.6 Å². The van der Waals surface area contributed by atoms with Crippen LogP contribution in [0.15, 0.2) is 17.1 Å². The highest BCUT2D eigenvalue weighted by molar-refractivity contribution is 6.30. The van der Waals surface area contributed by atoms with E-state index in [2.05, 4.69) is 4.98 Å². The van der Waals surface area contributed by atoms with Crippen molar-refractivity contribution in [2.24, 2.45) is 5.73 Å². The van der Waals surface area contributed by atoms with Gasteiger partial charge in [0.2, 0.25) is 0 Å². The zero-order chi connectivity index (χ0) is 9.14. The molecule has 1 aromatic rings. The molecule has 0 radical (unpaired) electrons. The third-order valence-electron chi connectivity index (χ3n) is 1.49. The number of hydrogen-bond donors (Lipinski definition) is 3. The topological polar surface area (TPSA) is 79.1 Å². The molecule has 4 N–H and O–H groups in total. The van der Waals surface area contributed by atoms with Crippen molar-refractivity contribution in [1.82, 2.24) is 4.98 Å². The average molecular weight is 189 g/mol. The summed E-state index contributed by atoms with van der Waals surface area (Å²) < 4.78 is 0. The lowest BCUT2D eigenvalue weighted by Crippen LogP contribution is -2.23. The standard InChI is InChI=1S/C7H9ClN2O2/c8-4-1-5(6(9)3-11)7(12)10-2-4/h1-2,6,11H,3,9H2,(H,10,12)/t6-/m0/s1. The van der Waals surface area contributed by atoms with Gasteiger partial charge in [-0.25, -0.2) is 0 Å². The molecular weight excluding hydrogens is 180 g/mol. The molecule has 1 rings (SSSR count). The molecule has 4 nitrogen and oxygen atoms in total. The molecule has 0 aliphatic heterocycles. The second-order valence-electron chi connectivity index (χ2n) is 2.39. The van der Waals surface area contributed by atoms with Gasteiger partial charge in [0, 0.05) is 11.8 Å². The highest BCUT2D eigenvalue weighted by atomic mass is 35.5. The van der Waals surface area contributed by atoms with Crippen molar-refractivity contribution < 1.29 is 5.11 Å². The van der Waals surface area contributed by atoms with E-state index in [1.165, 1.54) is 12.3 Å². The Labute approximate surface area is 74.0 Å². The van der Waals surface area contributed by atoms with E-state index < -0.39 is 6.04 Å². The molecule has 0 bridgehead atoms. The minimum atomic E-state index is -0.674. The summed E-state index contributed by atoms with van der Waals surface area (Å²) in [5.74, 6) is 0. The van der Waals surface area contributed by atoms with Gasteiger partial charge in [0.15, 0.2) is 0 Å². The Kier molecular flexibility index (Phi) is 2.86. The number of nitrogens with two attached hydrogens (primary N) is 1. The molecule has 12 heavy (non-hydrogen) atoms. The lowest BCUT2D eigenvalue weighted by Gasteiger charge is -2.06. The molecule has 0 fully saturated rings. The number of hydrogen-bond acceptors (Lipinski definition) is 3.